The number of hydrogen-bond acceptors (Lipinski definition) is 3. The summed E-state index contributed by atoms with van der Waals surface area (Å²) in [5.74, 6) is 0.231. The maximum absolute atomic E-state index is 12.3. The van der Waals surface area contributed by atoms with E-state index in [4.69, 9.17) is 5.73 Å². The number of halogens is 1. The van der Waals surface area contributed by atoms with E-state index in [1.54, 1.807) is 0 Å². The number of amides is 1. The van der Waals surface area contributed by atoms with Crippen molar-refractivity contribution in [3.63, 3.8) is 0 Å². The van der Waals surface area contributed by atoms with Crippen LogP contribution in [0.15, 0.2) is 28.7 Å². The molecule has 21 heavy (non-hydrogen) atoms. The number of nitrogens with zero attached hydrogens (tertiary/aromatic N) is 1. The third kappa shape index (κ3) is 5.41. The summed E-state index contributed by atoms with van der Waals surface area (Å²) in [7, 11) is 0. The van der Waals surface area contributed by atoms with Crippen molar-refractivity contribution in [2.24, 2.45) is 11.7 Å². The van der Waals surface area contributed by atoms with Crippen LogP contribution in [-0.2, 0) is 4.79 Å². The lowest BCUT2D eigenvalue weighted by atomic mass is 9.94. The van der Waals surface area contributed by atoms with Crippen molar-refractivity contribution < 1.29 is 4.79 Å². The van der Waals surface area contributed by atoms with Gasteiger partial charge in [-0.05, 0) is 64.0 Å². The first kappa shape index (κ1) is 16.5. The average molecular weight is 354 g/mol. The van der Waals surface area contributed by atoms with E-state index in [2.05, 4.69) is 26.1 Å². The van der Waals surface area contributed by atoms with Crippen LogP contribution in [0, 0.1) is 5.92 Å². The minimum Gasteiger partial charge on any atom is -0.326 e. The van der Waals surface area contributed by atoms with E-state index < -0.39 is 0 Å². The summed E-state index contributed by atoms with van der Waals surface area (Å²) in [5, 5.41) is 3.00. The van der Waals surface area contributed by atoms with Crippen molar-refractivity contribution >= 4 is 27.5 Å². The SMILES string of the molecule is CC(C)(N)CN1CCC(C(=O)Nc2ccc(Br)cc2)CC1. The van der Waals surface area contributed by atoms with E-state index in [1.807, 2.05) is 38.1 Å². The second-order valence-corrected chi connectivity index (χ2v) is 7.45. The molecule has 1 heterocycles. The second kappa shape index (κ2) is 6.90. The van der Waals surface area contributed by atoms with E-state index in [0.717, 1.165) is 42.6 Å². The molecule has 0 saturated carbocycles. The molecule has 1 saturated heterocycles. The fourth-order valence-corrected chi connectivity index (χ4v) is 2.97. The van der Waals surface area contributed by atoms with Gasteiger partial charge >= 0.3 is 0 Å². The minimum atomic E-state index is -0.174. The summed E-state index contributed by atoms with van der Waals surface area (Å²) in [6.07, 6.45) is 1.80. The van der Waals surface area contributed by atoms with Gasteiger partial charge in [0.25, 0.3) is 0 Å². The highest BCUT2D eigenvalue weighted by Crippen LogP contribution is 2.21. The molecule has 0 aromatic heterocycles. The standard InChI is InChI=1S/C16H24BrN3O/c1-16(2,18)11-20-9-7-12(8-10-20)15(21)19-14-5-3-13(17)4-6-14/h3-6,12H,7-11,18H2,1-2H3,(H,19,21). The summed E-state index contributed by atoms with van der Waals surface area (Å²) >= 11 is 3.39. The zero-order valence-electron chi connectivity index (χ0n) is 12.7. The Balaban J connectivity index is 1.81. The number of nitrogens with two attached hydrogens (primary N) is 1. The summed E-state index contributed by atoms with van der Waals surface area (Å²) in [4.78, 5) is 14.6. The van der Waals surface area contributed by atoms with Crippen molar-refractivity contribution in [3.05, 3.63) is 28.7 Å². The Hall–Kier alpha value is -0.910. The van der Waals surface area contributed by atoms with Gasteiger partial charge in [-0.25, -0.2) is 0 Å². The molecule has 0 bridgehead atoms. The Kier molecular flexibility index (Phi) is 5.41. The molecular formula is C16H24BrN3O. The molecule has 4 nitrogen and oxygen atoms in total. The molecular weight excluding hydrogens is 330 g/mol. The number of benzene rings is 1. The molecule has 1 aliphatic heterocycles. The van der Waals surface area contributed by atoms with Gasteiger partial charge in [-0.2, -0.15) is 0 Å². The van der Waals surface area contributed by atoms with Gasteiger partial charge < -0.3 is 16.0 Å². The highest BCUT2D eigenvalue weighted by Gasteiger charge is 2.27. The van der Waals surface area contributed by atoms with Crippen molar-refractivity contribution in [1.29, 1.82) is 0 Å². The largest absolute Gasteiger partial charge is 0.326 e. The van der Waals surface area contributed by atoms with E-state index in [-0.39, 0.29) is 17.4 Å². The van der Waals surface area contributed by atoms with Gasteiger partial charge in [-0.15, -0.1) is 0 Å². The maximum atomic E-state index is 12.3. The minimum absolute atomic E-state index is 0.103. The fraction of sp³-hybridized carbons (Fsp3) is 0.562. The van der Waals surface area contributed by atoms with Crippen LogP contribution in [0.4, 0.5) is 5.69 Å². The summed E-state index contributed by atoms with van der Waals surface area (Å²) in [6.45, 7) is 6.85. The zero-order valence-corrected chi connectivity index (χ0v) is 14.3. The summed E-state index contributed by atoms with van der Waals surface area (Å²) in [6, 6.07) is 7.69. The van der Waals surface area contributed by atoms with Crippen LogP contribution in [0.5, 0.6) is 0 Å². The molecule has 2 rings (SSSR count). The molecule has 1 aromatic rings. The Morgan fingerprint density at radius 2 is 1.90 bits per heavy atom. The van der Waals surface area contributed by atoms with Crippen LogP contribution >= 0.6 is 15.9 Å². The molecule has 0 aliphatic carbocycles. The van der Waals surface area contributed by atoms with Crippen molar-refractivity contribution in [2.45, 2.75) is 32.2 Å². The van der Waals surface area contributed by atoms with Crippen molar-refractivity contribution in [1.82, 2.24) is 4.90 Å². The quantitative estimate of drug-likeness (QED) is 0.874. The van der Waals surface area contributed by atoms with E-state index in [0.29, 0.717) is 0 Å². The number of carbonyl (C=O) groups excluding carboxylic acids is 1. The first-order valence-corrected chi connectivity index (χ1v) is 8.20. The number of nitrogens with one attached hydrogen (secondary N) is 1. The first-order valence-electron chi connectivity index (χ1n) is 7.41. The van der Waals surface area contributed by atoms with Crippen LogP contribution in [0.25, 0.3) is 0 Å². The number of piperidine rings is 1. The van der Waals surface area contributed by atoms with Gasteiger partial charge in [0.05, 0.1) is 0 Å². The Morgan fingerprint density at radius 3 is 2.43 bits per heavy atom. The average Bonchev–Trinajstić information content (AvgIpc) is 2.40. The lowest BCUT2D eigenvalue weighted by Crippen LogP contribution is -2.48. The maximum Gasteiger partial charge on any atom is 0.227 e. The van der Waals surface area contributed by atoms with E-state index in [9.17, 15) is 4.79 Å². The predicted molar refractivity (Wildman–Crippen MR) is 90.2 cm³/mol. The molecule has 0 radical (unpaired) electrons. The van der Waals surface area contributed by atoms with Gasteiger partial charge in [0.2, 0.25) is 5.91 Å². The molecule has 3 N–H and O–H groups in total. The van der Waals surface area contributed by atoms with Gasteiger partial charge in [-0.3, -0.25) is 4.79 Å². The molecule has 1 amide bonds. The van der Waals surface area contributed by atoms with Gasteiger partial charge in [0, 0.05) is 28.2 Å². The zero-order chi connectivity index (χ0) is 15.5. The molecule has 5 heteroatoms. The van der Waals surface area contributed by atoms with E-state index in [1.165, 1.54) is 0 Å². The number of likely N-dealkylation sites (tertiary alicyclic amines) is 1. The number of anilines is 1. The van der Waals surface area contributed by atoms with Crippen LogP contribution in [-0.4, -0.2) is 36.0 Å². The topological polar surface area (TPSA) is 58.4 Å². The number of rotatable bonds is 4. The molecule has 1 aliphatic rings. The monoisotopic (exact) mass is 353 g/mol. The lowest BCUT2D eigenvalue weighted by molar-refractivity contribution is -0.121. The van der Waals surface area contributed by atoms with Crippen molar-refractivity contribution in [3.8, 4) is 0 Å². The fourth-order valence-electron chi connectivity index (χ4n) is 2.71. The van der Waals surface area contributed by atoms with Crippen LogP contribution in [0.3, 0.4) is 0 Å². The smallest absolute Gasteiger partial charge is 0.227 e. The van der Waals surface area contributed by atoms with Crippen LogP contribution in [0.2, 0.25) is 0 Å². The van der Waals surface area contributed by atoms with Gasteiger partial charge in [-0.1, -0.05) is 15.9 Å². The van der Waals surface area contributed by atoms with Gasteiger partial charge in [0.1, 0.15) is 0 Å². The van der Waals surface area contributed by atoms with Gasteiger partial charge in [0.15, 0.2) is 0 Å². The van der Waals surface area contributed by atoms with Crippen LogP contribution in [0.1, 0.15) is 26.7 Å². The molecule has 1 fully saturated rings. The highest BCUT2D eigenvalue weighted by molar-refractivity contribution is 9.10. The lowest BCUT2D eigenvalue weighted by Gasteiger charge is -2.35. The first-order chi connectivity index (χ1) is 9.83. The summed E-state index contributed by atoms with van der Waals surface area (Å²) in [5.41, 5.74) is 6.73. The number of hydrogen-bond donors (Lipinski definition) is 2. The Bertz CT molecular complexity index is 473. The predicted octanol–water partition coefficient (Wildman–Crippen LogP) is 2.84. The Morgan fingerprint density at radius 1 is 1.33 bits per heavy atom. The normalized spacial score (nSPS) is 17.7. The molecule has 116 valence electrons. The highest BCUT2D eigenvalue weighted by atomic mass is 79.9. The van der Waals surface area contributed by atoms with Crippen LogP contribution < -0.4 is 11.1 Å². The molecule has 0 unspecified atom stereocenters. The molecule has 0 spiro atoms. The van der Waals surface area contributed by atoms with Crippen molar-refractivity contribution in [2.75, 3.05) is 25.0 Å². The second-order valence-electron chi connectivity index (χ2n) is 6.54. The summed E-state index contributed by atoms with van der Waals surface area (Å²) < 4.78 is 1.01. The third-order valence-corrected chi connectivity index (χ3v) is 4.23. The number of carbonyl (C=O) groups is 1. The van der Waals surface area contributed by atoms with E-state index >= 15 is 0 Å². The molecule has 1 aromatic carbocycles. The third-order valence-electron chi connectivity index (χ3n) is 3.70. The molecule has 0 atom stereocenters. The Labute approximate surface area is 135 Å².